The number of para-hydroxylation sites is 1. The lowest BCUT2D eigenvalue weighted by Gasteiger charge is -2.02. The Morgan fingerprint density at radius 1 is 1.19 bits per heavy atom. The Morgan fingerprint density at radius 2 is 2.04 bits per heavy atom. The Bertz CT molecular complexity index is 1100. The number of pyridine rings is 1. The van der Waals surface area contributed by atoms with Gasteiger partial charge in [0.05, 0.1) is 11.3 Å². The fourth-order valence-electron chi connectivity index (χ4n) is 2.58. The number of furan rings is 1. The number of benzene rings is 1. The van der Waals surface area contributed by atoms with Crippen LogP contribution in [0.15, 0.2) is 63.3 Å². The highest BCUT2D eigenvalue weighted by atomic mass is 32.2. The molecule has 0 radical (unpaired) electrons. The van der Waals surface area contributed by atoms with E-state index in [1.54, 1.807) is 6.20 Å². The average Bonchev–Trinajstić information content (AvgIpc) is 3.38. The lowest BCUT2D eigenvalue weighted by molar-refractivity contribution is 0.593. The molecule has 0 aliphatic carbocycles. The third-order valence-corrected chi connectivity index (χ3v) is 4.72. The Balaban J connectivity index is 1.58. The number of amidine groups is 1. The van der Waals surface area contributed by atoms with Gasteiger partial charge in [-0.15, -0.1) is 5.10 Å². The molecule has 27 heavy (non-hydrogen) atoms. The summed E-state index contributed by atoms with van der Waals surface area (Å²) in [6, 6.07) is 13.6. The molecule has 4 aromatic rings. The fraction of sp³-hybridized carbons (Fsp3) is 0.0588. The second-order valence-corrected chi connectivity index (χ2v) is 6.46. The Morgan fingerprint density at radius 3 is 2.89 bits per heavy atom. The van der Waals surface area contributed by atoms with Gasteiger partial charge in [-0.2, -0.15) is 10.1 Å². The minimum atomic E-state index is 0.426. The van der Waals surface area contributed by atoms with Crippen molar-refractivity contribution in [2.45, 2.75) is 5.16 Å². The number of aromatic nitrogens is 4. The minimum absolute atomic E-state index is 0.426. The predicted octanol–water partition coefficient (Wildman–Crippen LogP) is 2.11. The van der Waals surface area contributed by atoms with Crippen LogP contribution < -0.4 is 17.1 Å². The summed E-state index contributed by atoms with van der Waals surface area (Å²) in [6.07, 6.45) is 1.77. The number of hydrogen-bond donors (Lipinski definition) is 4. The van der Waals surface area contributed by atoms with Crippen molar-refractivity contribution in [1.29, 1.82) is 0 Å². The maximum Gasteiger partial charge on any atom is 0.209 e. The molecule has 0 saturated carbocycles. The highest BCUT2D eigenvalue weighted by Crippen LogP contribution is 2.31. The normalized spacial score (nSPS) is 11.8. The Labute approximate surface area is 158 Å². The first-order valence-corrected chi connectivity index (χ1v) is 9.00. The van der Waals surface area contributed by atoms with Gasteiger partial charge in [-0.3, -0.25) is 10.1 Å². The molecule has 0 amide bonds. The molecule has 6 N–H and O–H groups in total. The lowest BCUT2D eigenvalue weighted by atomic mass is 10.1. The monoisotopic (exact) mass is 380 g/mol. The van der Waals surface area contributed by atoms with Crippen LogP contribution in [0.2, 0.25) is 0 Å². The van der Waals surface area contributed by atoms with Crippen LogP contribution in [-0.4, -0.2) is 31.8 Å². The quantitative estimate of drug-likeness (QED) is 0.135. The number of rotatable bonds is 5. The van der Waals surface area contributed by atoms with Crippen LogP contribution in [-0.2, 0) is 0 Å². The maximum atomic E-state index is 5.99. The van der Waals surface area contributed by atoms with Gasteiger partial charge in [0, 0.05) is 17.1 Å². The van der Waals surface area contributed by atoms with Gasteiger partial charge in [-0.05, 0) is 24.3 Å². The van der Waals surface area contributed by atoms with Crippen molar-refractivity contribution in [2.75, 3.05) is 5.75 Å². The molecular formula is C17H16N8OS. The van der Waals surface area contributed by atoms with Crippen molar-refractivity contribution in [3.63, 3.8) is 0 Å². The molecule has 3 heterocycles. The number of thioether (sulfide) groups is 1. The first-order valence-electron chi connectivity index (χ1n) is 8.01. The molecule has 0 spiro atoms. The lowest BCUT2D eigenvalue weighted by Crippen LogP contribution is -2.33. The topological polar surface area (TPSA) is 144 Å². The van der Waals surface area contributed by atoms with E-state index in [4.69, 9.17) is 16.1 Å². The average molecular weight is 380 g/mol. The van der Waals surface area contributed by atoms with Crippen molar-refractivity contribution < 1.29 is 4.42 Å². The number of hydrogen-bond acceptors (Lipinski definition) is 8. The van der Waals surface area contributed by atoms with Crippen molar-refractivity contribution in [3.8, 4) is 22.9 Å². The highest BCUT2D eigenvalue weighted by molar-refractivity contribution is 7.99. The Kier molecular flexibility index (Phi) is 4.73. The van der Waals surface area contributed by atoms with Crippen LogP contribution >= 0.6 is 11.8 Å². The molecule has 136 valence electrons. The van der Waals surface area contributed by atoms with E-state index in [0.717, 1.165) is 16.5 Å². The van der Waals surface area contributed by atoms with Gasteiger partial charge in [0.25, 0.3) is 0 Å². The number of nitrogens with zero attached hydrogens (tertiary/aromatic N) is 4. The van der Waals surface area contributed by atoms with Gasteiger partial charge in [-0.1, -0.05) is 30.0 Å². The van der Waals surface area contributed by atoms with E-state index < -0.39 is 0 Å². The van der Waals surface area contributed by atoms with Gasteiger partial charge < -0.3 is 15.7 Å². The van der Waals surface area contributed by atoms with Crippen LogP contribution in [0.3, 0.4) is 0 Å². The molecule has 9 nitrogen and oxygen atoms in total. The second-order valence-electron chi connectivity index (χ2n) is 5.52. The molecule has 0 saturated heterocycles. The van der Waals surface area contributed by atoms with Crippen molar-refractivity contribution in [1.82, 2.24) is 25.6 Å². The summed E-state index contributed by atoms with van der Waals surface area (Å²) >= 11 is 1.34. The SMILES string of the molecule is NN=C(CSc1n[nH]c(-c2ccc(-c3cccc4cccnc34)o2)n1)NN. The first-order chi connectivity index (χ1) is 13.3. The van der Waals surface area contributed by atoms with E-state index in [2.05, 4.69) is 30.7 Å². The fourth-order valence-corrected chi connectivity index (χ4v) is 3.27. The molecule has 0 aliphatic rings. The zero-order chi connectivity index (χ0) is 18.6. The molecule has 4 rings (SSSR count). The van der Waals surface area contributed by atoms with Gasteiger partial charge in [0.2, 0.25) is 5.16 Å². The van der Waals surface area contributed by atoms with Crippen LogP contribution in [0, 0.1) is 0 Å². The van der Waals surface area contributed by atoms with Crippen LogP contribution in [0.25, 0.3) is 33.8 Å². The van der Waals surface area contributed by atoms with Crippen LogP contribution in [0.4, 0.5) is 0 Å². The molecule has 0 fully saturated rings. The molecule has 0 unspecified atom stereocenters. The summed E-state index contributed by atoms with van der Waals surface area (Å²) in [7, 11) is 0. The van der Waals surface area contributed by atoms with Gasteiger partial charge >= 0.3 is 0 Å². The molecule has 3 aromatic heterocycles. The van der Waals surface area contributed by atoms with E-state index >= 15 is 0 Å². The van der Waals surface area contributed by atoms with Gasteiger partial charge in [0.1, 0.15) is 11.6 Å². The summed E-state index contributed by atoms with van der Waals surface area (Å²) in [4.78, 5) is 8.88. The smallest absolute Gasteiger partial charge is 0.209 e. The molecule has 0 atom stereocenters. The summed E-state index contributed by atoms with van der Waals surface area (Å²) in [5.74, 6) is 13.2. The zero-order valence-corrected chi connectivity index (χ0v) is 14.9. The van der Waals surface area contributed by atoms with Crippen molar-refractivity contribution in [2.24, 2.45) is 16.8 Å². The number of hydrazine groups is 1. The standard InChI is InChI=1S/C17H16N8OS/c18-22-14(23-19)9-27-17-21-16(24-25-17)13-7-6-12(26-13)11-5-1-3-10-4-2-8-20-15(10)11/h1-8H,9,18-19H2,(H,22,23)(H,21,24,25). The van der Waals surface area contributed by atoms with Crippen LogP contribution in [0.5, 0.6) is 0 Å². The molecule has 0 bridgehead atoms. The first kappa shape index (κ1) is 17.1. The number of aromatic amines is 1. The minimum Gasteiger partial charge on any atom is -0.453 e. The number of fused-ring (bicyclic) bond motifs is 1. The number of nitrogens with one attached hydrogen (secondary N) is 2. The van der Waals surface area contributed by atoms with E-state index in [1.165, 1.54) is 11.8 Å². The van der Waals surface area contributed by atoms with Crippen molar-refractivity contribution in [3.05, 3.63) is 48.7 Å². The maximum absolute atomic E-state index is 5.99. The molecule has 1 aromatic carbocycles. The zero-order valence-electron chi connectivity index (χ0n) is 14.1. The molecular weight excluding hydrogens is 364 g/mol. The summed E-state index contributed by atoms with van der Waals surface area (Å²) in [6.45, 7) is 0. The van der Waals surface area contributed by atoms with E-state index in [9.17, 15) is 0 Å². The van der Waals surface area contributed by atoms with Gasteiger partial charge in [0.15, 0.2) is 11.6 Å². The van der Waals surface area contributed by atoms with Crippen LogP contribution in [0.1, 0.15) is 0 Å². The second kappa shape index (κ2) is 7.48. The third-order valence-electron chi connectivity index (χ3n) is 3.86. The largest absolute Gasteiger partial charge is 0.453 e. The van der Waals surface area contributed by atoms with Crippen molar-refractivity contribution >= 4 is 28.5 Å². The molecule has 0 aliphatic heterocycles. The predicted molar refractivity (Wildman–Crippen MR) is 104 cm³/mol. The van der Waals surface area contributed by atoms with E-state index in [-0.39, 0.29) is 0 Å². The van der Waals surface area contributed by atoms with E-state index in [1.807, 2.05) is 42.5 Å². The Hall–Kier alpha value is -3.37. The summed E-state index contributed by atoms with van der Waals surface area (Å²) < 4.78 is 5.99. The number of nitrogens with two attached hydrogens (primary N) is 2. The summed E-state index contributed by atoms with van der Waals surface area (Å²) in [5, 5.41) is 12.1. The number of hydrazone groups is 1. The number of H-pyrrole nitrogens is 1. The van der Waals surface area contributed by atoms with Gasteiger partial charge in [-0.25, -0.2) is 5.84 Å². The molecule has 10 heteroatoms. The van der Waals surface area contributed by atoms with E-state index in [0.29, 0.717) is 34.1 Å². The summed E-state index contributed by atoms with van der Waals surface area (Å²) in [5.41, 5.74) is 4.22. The third kappa shape index (κ3) is 3.48. The highest BCUT2D eigenvalue weighted by Gasteiger charge is 2.14.